The fraction of sp³-hybridized carbons (Fsp3) is 0.562. The molecule has 0 aromatic heterocycles. The van der Waals surface area contributed by atoms with E-state index in [2.05, 4.69) is 68.1 Å². The Morgan fingerprint density at radius 1 is 0.788 bits per heavy atom. The largest absolute Gasteiger partial charge is 0.377 e. The van der Waals surface area contributed by atoms with Gasteiger partial charge in [0.1, 0.15) is 0 Å². The standard InChI is InChI=1S/C32H44O/c1-3-5-6-25-7-11-27(12-8-25)29-15-19-31(20-16-29)32-21-17-30(18-22-32)28-13-9-26(10-14-28)24-33-23-4-2/h3,9-10,13-14,17-18,21-22,25,27,29,31H,1,4-8,11-12,15-16,19-20,23-24H2,2H3/t25-,27-,29?,31?. The van der Waals surface area contributed by atoms with Crippen molar-refractivity contribution in [1.82, 2.24) is 0 Å². The summed E-state index contributed by atoms with van der Waals surface area (Å²) in [5.41, 5.74) is 5.43. The lowest BCUT2D eigenvalue weighted by atomic mass is 9.68. The Hall–Kier alpha value is -1.86. The summed E-state index contributed by atoms with van der Waals surface area (Å²) >= 11 is 0. The smallest absolute Gasteiger partial charge is 0.0716 e. The number of benzene rings is 2. The monoisotopic (exact) mass is 444 g/mol. The molecule has 2 fully saturated rings. The van der Waals surface area contributed by atoms with Crippen molar-refractivity contribution in [1.29, 1.82) is 0 Å². The van der Waals surface area contributed by atoms with Crippen LogP contribution >= 0.6 is 0 Å². The van der Waals surface area contributed by atoms with Crippen molar-refractivity contribution >= 4 is 0 Å². The van der Waals surface area contributed by atoms with Crippen LogP contribution in [0.4, 0.5) is 0 Å². The molecule has 0 bridgehead atoms. The number of rotatable bonds is 10. The molecule has 33 heavy (non-hydrogen) atoms. The topological polar surface area (TPSA) is 9.23 Å². The number of hydrogen-bond donors (Lipinski definition) is 0. The Balaban J connectivity index is 1.24. The lowest BCUT2D eigenvalue weighted by Gasteiger charge is -2.38. The normalized spacial score (nSPS) is 25.6. The van der Waals surface area contributed by atoms with Gasteiger partial charge in [0.15, 0.2) is 0 Å². The van der Waals surface area contributed by atoms with Gasteiger partial charge in [-0.25, -0.2) is 0 Å². The van der Waals surface area contributed by atoms with Crippen LogP contribution in [0.2, 0.25) is 0 Å². The van der Waals surface area contributed by atoms with Crippen molar-refractivity contribution in [2.24, 2.45) is 17.8 Å². The Morgan fingerprint density at radius 3 is 1.94 bits per heavy atom. The molecule has 0 spiro atoms. The van der Waals surface area contributed by atoms with Crippen LogP contribution in [0.3, 0.4) is 0 Å². The van der Waals surface area contributed by atoms with Gasteiger partial charge < -0.3 is 4.74 Å². The third kappa shape index (κ3) is 6.82. The van der Waals surface area contributed by atoms with Crippen LogP contribution in [0, 0.1) is 17.8 Å². The maximum Gasteiger partial charge on any atom is 0.0716 e. The van der Waals surface area contributed by atoms with E-state index >= 15 is 0 Å². The summed E-state index contributed by atoms with van der Waals surface area (Å²) < 4.78 is 5.66. The zero-order valence-electron chi connectivity index (χ0n) is 20.8. The molecule has 178 valence electrons. The molecule has 0 N–H and O–H groups in total. The van der Waals surface area contributed by atoms with Crippen LogP contribution in [-0.4, -0.2) is 6.61 Å². The molecule has 2 saturated carbocycles. The molecule has 2 aromatic carbocycles. The predicted molar refractivity (Wildman–Crippen MR) is 141 cm³/mol. The first kappa shape index (κ1) is 24.3. The zero-order valence-corrected chi connectivity index (χ0v) is 20.8. The SMILES string of the molecule is C=CCC[C@H]1CC[C@H](C2CCC(c3ccc(-c4ccc(COCCC)cc4)cc3)CC2)CC1. The first-order valence-electron chi connectivity index (χ1n) is 13.6. The lowest BCUT2D eigenvalue weighted by molar-refractivity contribution is 0.121. The summed E-state index contributed by atoms with van der Waals surface area (Å²) in [6.45, 7) is 7.60. The maximum atomic E-state index is 5.66. The van der Waals surface area contributed by atoms with E-state index in [1.54, 1.807) is 5.56 Å². The zero-order chi connectivity index (χ0) is 22.9. The average Bonchev–Trinajstić information content (AvgIpc) is 2.89. The van der Waals surface area contributed by atoms with Crippen molar-refractivity contribution < 1.29 is 4.74 Å². The van der Waals surface area contributed by atoms with E-state index in [9.17, 15) is 0 Å². The molecular weight excluding hydrogens is 400 g/mol. The van der Waals surface area contributed by atoms with Gasteiger partial charge in [-0.3, -0.25) is 0 Å². The molecular formula is C32H44O. The molecule has 2 aromatic rings. The third-order valence-electron chi connectivity index (χ3n) is 8.40. The summed E-state index contributed by atoms with van der Waals surface area (Å²) in [6.07, 6.45) is 17.3. The number of hydrogen-bond acceptors (Lipinski definition) is 1. The van der Waals surface area contributed by atoms with E-state index in [1.807, 2.05) is 0 Å². The molecule has 0 atom stereocenters. The highest BCUT2D eigenvalue weighted by Crippen LogP contribution is 2.44. The van der Waals surface area contributed by atoms with Crippen LogP contribution in [-0.2, 0) is 11.3 Å². The first-order chi connectivity index (χ1) is 16.3. The summed E-state index contributed by atoms with van der Waals surface area (Å²) in [5, 5.41) is 0. The lowest BCUT2D eigenvalue weighted by Crippen LogP contribution is -2.25. The Kier molecular flexibility index (Phi) is 9.24. The minimum Gasteiger partial charge on any atom is -0.377 e. The minimum absolute atomic E-state index is 0.715. The molecule has 0 aliphatic heterocycles. The van der Waals surface area contributed by atoms with E-state index < -0.39 is 0 Å². The molecule has 1 nitrogen and oxygen atoms in total. The van der Waals surface area contributed by atoms with Crippen molar-refractivity contribution in [3.63, 3.8) is 0 Å². The molecule has 1 heteroatoms. The number of ether oxygens (including phenoxy) is 1. The molecule has 0 saturated heterocycles. The second-order valence-corrected chi connectivity index (χ2v) is 10.6. The maximum absolute atomic E-state index is 5.66. The van der Waals surface area contributed by atoms with E-state index in [0.717, 1.165) is 36.7 Å². The highest BCUT2D eigenvalue weighted by Gasteiger charge is 2.31. The summed E-state index contributed by atoms with van der Waals surface area (Å²) in [6, 6.07) is 18.3. The quantitative estimate of drug-likeness (QED) is 0.262. The molecule has 0 unspecified atom stereocenters. The van der Waals surface area contributed by atoms with Gasteiger partial charge >= 0.3 is 0 Å². The van der Waals surface area contributed by atoms with E-state index in [-0.39, 0.29) is 0 Å². The molecule has 0 radical (unpaired) electrons. The van der Waals surface area contributed by atoms with Gasteiger partial charge in [0, 0.05) is 6.61 Å². The van der Waals surface area contributed by atoms with Crippen molar-refractivity contribution in [2.45, 2.75) is 90.1 Å². The van der Waals surface area contributed by atoms with E-state index in [0.29, 0.717) is 6.61 Å². The molecule has 2 aliphatic rings. The minimum atomic E-state index is 0.715. The summed E-state index contributed by atoms with van der Waals surface area (Å²) in [5.74, 6) is 3.72. The van der Waals surface area contributed by atoms with Crippen molar-refractivity contribution in [2.75, 3.05) is 6.61 Å². The van der Waals surface area contributed by atoms with Crippen molar-refractivity contribution in [3.05, 3.63) is 72.3 Å². The van der Waals surface area contributed by atoms with Crippen LogP contribution in [0.5, 0.6) is 0 Å². The average molecular weight is 445 g/mol. The van der Waals surface area contributed by atoms with E-state index in [1.165, 1.54) is 80.9 Å². The van der Waals surface area contributed by atoms with Crippen molar-refractivity contribution in [3.8, 4) is 11.1 Å². The Morgan fingerprint density at radius 2 is 1.36 bits per heavy atom. The second kappa shape index (κ2) is 12.6. The second-order valence-electron chi connectivity index (χ2n) is 10.6. The van der Waals surface area contributed by atoms with Crippen LogP contribution < -0.4 is 0 Å². The van der Waals surface area contributed by atoms with Gasteiger partial charge in [-0.1, -0.05) is 74.4 Å². The fourth-order valence-corrected chi connectivity index (χ4v) is 6.30. The molecule has 0 heterocycles. The Bertz CT molecular complexity index is 818. The van der Waals surface area contributed by atoms with Crippen LogP contribution in [0.1, 0.15) is 94.6 Å². The molecule has 0 amide bonds. The Labute approximate surface area is 202 Å². The van der Waals surface area contributed by atoms with E-state index in [4.69, 9.17) is 4.74 Å². The van der Waals surface area contributed by atoms with Gasteiger partial charge in [0.25, 0.3) is 0 Å². The highest BCUT2D eigenvalue weighted by molar-refractivity contribution is 5.64. The predicted octanol–water partition coefficient (Wildman–Crippen LogP) is 9.33. The van der Waals surface area contributed by atoms with Gasteiger partial charge in [0.05, 0.1) is 6.61 Å². The third-order valence-corrected chi connectivity index (χ3v) is 8.40. The highest BCUT2D eigenvalue weighted by atomic mass is 16.5. The molecule has 2 aliphatic carbocycles. The van der Waals surface area contributed by atoms with Crippen LogP contribution in [0.15, 0.2) is 61.2 Å². The van der Waals surface area contributed by atoms with Crippen LogP contribution in [0.25, 0.3) is 11.1 Å². The van der Waals surface area contributed by atoms with Gasteiger partial charge in [-0.15, -0.1) is 6.58 Å². The summed E-state index contributed by atoms with van der Waals surface area (Å²) in [4.78, 5) is 0. The fourth-order valence-electron chi connectivity index (χ4n) is 6.30. The first-order valence-corrected chi connectivity index (χ1v) is 13.6. The van der Waals surface area contributed by atoms with Gasteiger partial charge in [0.2, 0.25) is 0 Å². The summed E-state index contributed by atoms with van der Waals surface area (Å²) in [7, 11) is 0. The number of allylic oxidation sites excluding steroid dienone is 1. The van der Waals surface area contributed by atoms with Gasteiger partial charge in [-0.05, 0) is 104 Å². The van der Waals surface area contributed by atoms with Gasteiger partial charge in [-0.2, -0.15) is 0 Å². The molecule has 4 rings (SSSR count).